The highest BCUT2D eigenvalue weighted by Crippen LogP contribution is 2.18. The zero-order valence-electron chi connectivity index (χ0n) is 7.18. The summed E-state index contributed by atoms with van der Waals surface area (Å²) in [6, 6.07) is 5.09. The Balaban J connectivity index is 2.37. The standard InChI is InChI=1S/C10H12FN/c1-12-5-4-8-2-3-10(11)6-9(8)7-12/h2-3,6H,4-5,7H2,1H3. The smallest absolute Gasteiger partial charge is 0.123 e. The first-order valence-electron chi connectivity index (χ1n) is 4.21. The summed E-state index contributed by atoms with van der Waals surface area (Å²) in [4.78, 5) is 2.21. The number of rotatable bonds is 0. The molecule has 0 radical (unpaired) electrons. The van der Waals surface area contributed by atoms with E-state index in [0.29, 0.717) is 0 Å². The normalized spacial score (nSPS) is 17.5. The number of halogens is 1. The predicted octanol–water partition coefficient (Wildman–Crippen LogP) is 1.81. The molecule has 1 heterocycles. The molecule has 1 nitrogen and oxygen atoms in total. The Hall–Kier alpha value is -0.890. The molecule has 2 rings (SSSR count). The Kier molecular flexibility index (Phi) is 1.85. The highest BCUT2D eigenvalue weighted by molar-refractivity contribution is 5.29. The molecule has 1 aliphatic rings. The molecule has 0 amide bonds. The van der Waals surface area contributed by atoms with Crippen molar-refractivity contribution in [2.45, 2.75) is 13.0 Å². The van der Waals surface area contributed by atoms with E-state index < -0.39 is 0 Å². The summed E-state index contributed by atoms with van der Waals surface area (Å²) < 4.78 is 12.8. The minimum atomic E-state index is -0.121. The van der Waals surface area contributed by atoms with Gasteiger partial charge in [0.25, 0.3) is 0 Å². The molecule has 0 bridgehead atoms. The fourth-order valence-electron chi connectivity index (χ4n) is 1.67. The fraction of sp³-hybridized carbons (Fsp3) is 0.400. The maximum absolute atomic E-state index is 12.8. The van der Waals surface area contributed by atoms with Gasteiger partial charge in [0.2, 0.25) is 0 Å². The van der Waals surface area contributed by atoms with Crippen LogP contribution < -0.4 is 0 Å². The molecule has 0 aromatic heterocycles. The molecular weight excluding hydrogens is 153 g/mol. The van der Waals surface area contributed by atoms with Gasteiger partial charge in [-0.1, -0.05) is 6.07 Å². The van der Waals surface area contributed by atoms with Crippen molar-refractivity contribution >= 4 is 0 Å². The Morgan fingerprint density at radius 1 is 1.33 bits per heavy atom. The van der Waals surface area contributed by atoms with Gasteiger partial charge in [0, 0.05) is 13.1 Å². The summed E-state index contributed by atoms with van der Waals surface area (Å²) in [6.45, 7) is 1.96. The molecule has 0 fully saturated rings. The van der Waals surface area contributed by atoms with E-state index in [2.05, 4.69) is 11.9 Å². The maximum Gasteiger partial charge on any atom is 0.123 e. The first-order chi connectivity index (χ1) is 5.75. The zero-order chi connectivity index (χ0) is 8.55. The van der Waals surface area contributed by atoms with Crippen molar-refractivity contribution in [3.05, 3.63) is 35.1 Å². The summed E-state index contributed by atoms with van der Waals surface area (Å²) in [5, 5.41) is 0. The second kappa shape index (κ2) is 2.87. The molecule has 0 saturated heterocycles. The molecule has 0 aliphatic carbocycles. The largest absolute Gasteiger partial charge is 0.302 e. The third-order valence-electron chi connectivity index (χ3n) is 2.37. The Bertz CT molecular complexity index is 296. The van der Waals surface area contributed by atoms with Gasteiger partial charge in [0.05, 0.1) is 0 Å². The van der Waals surface area contributed by atoms with Crippen molar-refractivity contribution in [3.8, 4) is 0 Å². The summed E-state index contributed by atoms with van der Waals surface area (Å²) in [5.41, 5.74) is 2.44. The van der Waals surface area contributed by atoms with E-state index in [1.54, 1.807) is 12.1 Å². The van der Waals surface area contributed by atoms with Crippen molar-refractivity contribution in [2.75, 3.05) is 13.6 Å². The lowest BCUT2D eigenvalue weighted by Crippen LogP contribution is -2.26. The predicted molar refractivity (Wildman–Crippen MR) is 46.4 cm³/mol. The lowest BCUT2D eigenvalue weighted by atomic mass is 10.0. The fourth-order valence-corrected chi connectivity index (χ4v) is 1.67. The summed E-state index contributed by atoms with van der Waals surface area (Å²) in [6.07, 6.45) is 1.05. The van der Waals surface area contributed by atoms with Crippen LogP contribution in [0.25, 0.3) is 0 Å². The second-order valence-corrected chi connectivity index (χ2v) is 3.40. The van der Waals surface area contributed by atoms with Gasteiger partial charge in [-0.25, -0.2) is 4.39 Å². The van der Waals surface area contributed by atoms with E-state index >= 15 is 0 Å². The molecule has 0 spiro atoms. The molecule has 1 aliphatic heterocycles. The van der Waals surface area contributed by atoms with Crippen LogP contribution in [0, 0.1) is 5.82 Å². The van der Waals surface area contributed by atoms with Crippen molar-refractivity contribution in [1.29, 1.82) is 0 Å². The number of benzene rings is 1. The highest BCUT2D eigenvalue weighted by atomic mass is 19.1. The van der Waals surface area contributed by atoms with Crippen LogP contribution in [0.3, 0.4) is 0 Å². The van der Waals surface area contributed by atoms with E-state index in [1.807, 2.05) is 6.07 Å². The van der Waals surface area contributed by atoms with Gasteiger partial charge < -0.3 is 4.90 Å². The van der Waals surface area contributed by atoms with Gasteiger partial charge in [-0.15, -0.1) is 0 Å². The number of likely N-dealkylation sites (N-methyl/N-ethyl adjacent to an activating group) is 1. The average molecular weight is 165 g/mol. The van der Waals surface area contributed by atoms with Gasteiger partial charge in [0.15, 0.2) is 0 Å². The number of hydrogen-bond donors (Lipinski definition) is 0. The van der Waals surface area contributed by atoms with E-state index in [9.17, 15) is 4.39 Å². The first kappa shape index (κ1) is 7.74. The van der Waals surface area contributed by atoms with Gasteiger partial charge >= 0.3 is 0 Å². The highest BCUT2D eigenvalue weighted by Gasteiger charge is 2.12. The van der Waals surface area contributed by atoms with Gasteiger partial charge in [-0.05, 0) is 36.7 Å². The molecule has 1 aromatic rings. The van der Waals surface area contributed by atoms with Crippen LogP contribution in [0.15, 0.2) is 18.2 Å². The third kappa shape index (κ3) is 1.34. The molecule has 2 heteroatoms. The topological polar surface area (TPSA) is 3.24 Å². The molecule has 12 heavy (non-hydrogen) atoms. The van der Waals surface area contributed by atoms with Crippen molar-refractivity contribution < 1.29 is 4.39 Å². The molecule has 0 N–H and O–H groups in total. The van der Waals surface area contributed by atoms with Gasteiger partial charge in [-0.3, -0.25) is 0 Å². The molecular formula is C10H12FN. The van der Waals surface area contributed by atoms with Crippen LogP contribution in [-0.4, -0.2) is 18.5 Å². The van der Waals surface area contributed by atoms with Crippen LogP contribution in [0.5, 0.6) is 0 Å². The molecule has 0 unspecified atom stereocenters. The van der Waals surface area contributed by atoms with Crippen molar-refractivity contribution in [2.24, 2.45) is 0 Å². The number of nitrogens with zero attached hydrogens (tertiary/aromatic N) is 1. The minimum absolute atomic E-state index is 0.121. The second-order valence-electron chi connectivity index (χ2n) is 3.40. The first-order valence-corrected chi connectivity index (χ1v) is 4.21. The van der Waals surface area contributed by atoms with E-state index in [4.69, 9.17) is 0 Å². The quantitative estimate of drug-likeness (QED) is 0.566. The zero-order valence-corrected chi connectivity index (χ0v) is 7.18. The lowest BCUT2D eigenvalue weighted by molar-refractivity contribution is 0.312. The van der Waals surface area contributed by atoms with Crippen LogP contribution in [0.1, 0.15) is 11.1 Å². The molecule has 0 saturated carbocycles. The van der Waals surface area contributed by atoms with E-state index in [-0.39, 0.29) is 5.82 Å². The summed E-state index contributed by atoms with van der Waals surface area (Å²) >= 11 is 0. The minimum Gasteiger partial charge on any atom is -0.302 e. The van der Waals surface area contributed by atoms with Crippen LogP contribution in [0.2, 0.25) is 0 Å². The van der Waals surface area contributed by atoms with Crippen molar-refractivity contribution in [1.82, 2.24) is 4.90 Å². The molecule has 64 valence electrons. The molecule has 0 atom stereocenters. The van der Waals surface area contributed by atoms with Crippen molar-refractivity contribution in [3.63, 3.8) is 0 Å². The Labute approximate surface area is 71.8 Å². The molecule has 1 aromatic carbocycles. The SMILES string of the molecule is CN1CCc2ccc(F)cc2C1. The number of fused-ring (bicyclic) bond motifs is 1. The van der Waals surface area contributed by atoms with Gasteiger partial charge in [0.1, 0.15) is 5.82 Å². The Morgan fingerprint density at radius 2 is 2.17 bits per heavy atom. The van der Waals surface area contributed by atoms with Gasteiger partial charge in [-0.2, -0.15) is 0 Å². The summed E-state index contributed by atoms with van der Waals surface area (Å²) in [7, 11) is 2.06. The number of hydrogen-bond acceptors (Lipinski definition) is 1. The van der Waals surface area contributed by atoms with Crippen LogP contribution >= 0.6 is 0 Å². The monoisotopic (exact) mass is 165 g/mol. The van der Waals surface area contributed by atoms with Crippen LogP contribution in [0.4, 0.5) is 4.39 Å². The lowest BCUT2D eigenvalue weighted by Gasteiger charge is -2.24. The Morgan fingerprint density at radius 3 is 3.00 bits per heavy atom. The average Bonchev–Trinajstić information content (AvgIpc) is 2.03. The van der Waals surface area contributed by atoms with Crippen LogP contribution in [-0.2, 0) is 13.0 Å². The maximum atomic E-state index is 12.8. The third-order valence-corrected chi connectivity index (χ3v) is 2.37. The summed E-state index contributed by atoms with van der Waals surface area (Å²) in [5.74, 6) is -0.121. The van der Waals surface area contributed by atoms with E-state index in [0.717, 1.165) is 25.1 Å². The van der Waals surface area contributed by atoms with E-state index in [1.165, 1.54) is 5.56 Å².